The number of imide groups is 1. The first-order valence-corrected chi connectivity index (χ1v) is 10.4. The van der Waals surface area contributed by atoms with Gasteiger partial charge in [-0.05, 0) is 67.6 Å². The summed E-state index contributed by atoms with van der Waals surface area (Å²) in [4.78, 5) is 33.4. The first-order valence-electron chi connectivity index (χ1n) is 9.55. The highest BCUT2D eigenvalue weighted by atomic mass is 32.2. The number of aldehydes is 1. The second kappa shape index (κ2) is 10.7. The van der Waals surface area contributed by atoms with Gasteiger partial charge in [-0.1, -0.05) is 23.9 Å². The molecule has 1 atom stereocenters. The van der Waals surface area contributed by atoms with Gasteiger partial charge in [0.15, 0.2) is 0 Å². The zero-order valence-corrected chi connectivity index (χ0v) is 16.8. The van der Waals surface area contributed by atoms with Crippen LogP contribution in [0.5, 0.6) is 11.5 Å². The van der Waals surface area contributed by atoms with Gasteiger partial charge < -0.3 is 9.47 Å². The Hall–Kier alpha value is -2.80. The third kappa shape index (κ3) is 6.64. The van der Waals surface area contributed by atoms with E-state index < -0.39 is 0 Å². The Morgan fingerprint density at radius 3 is 1.97 bits per heavy atom. The van der Waals surface area contributed by atoms with Crippen LogP contribution >= 0.6 is 11.8 Å². The molecule has 1 fully saturated rings. The third-order valence-electron chi connectivity index (χ3n) is 4.45. The topological polar surface area (TPSA) is 81.7 Å². The van der Waals surface area contributed by atoms with E-state index >= 15 is 0 Å². The number of hydrogen-bond donors (Lipinski definition) is 1. The molecule has 0 spiro atoms. The zero-order chi connectivity index (χ0) is 20.5. The molecular formula is C22H23NO5S. The molecule has 2 aromatic rings. The summed E-state index contributed by atoms with van der Waals surface area (Å²) in [5.41, 5.74) is 1.64. The van der Waals surface area contributed by atoms with Crippen LogP contribution in [0.1, 0.15) is 35.2 Å². The smallest absolute Gasteiger partial charge is 0.286 e. The molecule has 1 heterocycles. The van der Waals surface area contributed by atoms with Gasteiger partial charge in [0, 0.05) is 5.56 Å². The highest BCUT2D eigenvalue weighted by molar-refractivity contribution is 8.15. The minimum absolute atomic E-state index is 0.220. The summed E-state index contributed by atoms with van der Waals surface area (Å²) >= 11 is 1.04. The molecule has 0 aliphatic carbocycles. The molecule has 29 heavy (non-hydrogen) atoms. The van der Waals surface area contributed by atoms with Crippen LogP contribution in [0.2, 0.25) is 0 Å². The van der Waals surface area contributed by atoms with Crippen LogP contribution in [0, 0.1) is 0 Å². The number of rotatable bonds is 11. The lowest BCUT2D eigenvalue weighted by Gasteiger charge is -2.09. The molecule has 1 aliphatic rings. The molecular weight excluding hydrogens is 390 g/mol. The van der Waals surface area contributed by atoms with Crippen LogP contribution in [0.25, 0.3) is 0 Å². The van der Waals surface area contributed by atoms with E-state index in [-0.39, 0.29) is 16.4 Å². The van der Waals surface area contributed by atoms with Crippen molar-refractivity contribution in [2.75, 3.05) is 13.2 Å². The summed E-state index contributed by atoms with van der Waals surface area (Å²) in [6, 6.07) is 14.7. The Morgan fingerprint density at radius 1 is 0.862 bits per heavy atom. The van der Waals surface area contributed by atoms with E-state index in [0.29, 0.717) is 25.2 Å². The summed E-state index contributed by atoms with van der Waals surface area (Å²) in [5, 5.41) is 1.68. The van der Waals surface area contributed by atoms with Crippen molar-refractivity contribution in [3.8, 4) is 11.5 Å². The summed E-state index contributed by atoms with van der Waals surface area (Å²) in [6.07, 6.45) is 4.19. The number of ether oxygens (including phenoxy) is 2. The SMILES string of the molecule is O=Cc1ccc(OCCCCCOc2ccc(CC3SC(=O)NC3=O)cc2)cc1. The number of nitrogens with one attached hydrogen (secondary N) is 1. The molecule has 3 rings (SSSR count). The van der Waals surface area contributed by atoms with Gasteiger partial charge in [0.1, 0.15) is 17.8 Å². The quantitative estimate of drug-likeness (QED) is 0.443. The number of carbonyl (C=O) groups is 3. The van der Waals surface area contributed by atoms with E-state index in [0.717, 1.165) is 54.4 Å². The van der Waals surface area contributed by atoms with Crippen molar-refractivity contribution in [1.29, 1.82) is 0 Å². The van der Waals surface area contributed by atoms with E-state index in [4.69, 9.17) is 9.47 Å². The fourth-order valence-electron chi connectivity index (χ4n) is 2.87. The second-order valence-corrected chi connectivity index (χ2v) is 7.85. The van der Waals surface area contributed by atoms with Gasteiger partial charge in [-0.2, -0.15) is 0 Å². The largest absolute Gasteiger partial charge is 0.494 e. The van der Waals surface area contributed by atoms with Crippen LogP contribution in [0.15, 0.2) is 48.5 Å². The van der Waals surface area contributed by atoms with Crippen molar-refractivity contribution < 1.29 is 23.9 Å². The van der Waals surface area contributed by atoms with Crippen molar-refractivity contribution >= 4 is 29.2 Å². The monoisotopic (exact) mass is 413 g/mol. The number of unbranched alkanes of at least 4 members (excludes halogenated alkanes) is 2. The summed E-state index contributed by atoms with van der Waals surface area (Å²) in [5.74, 6) is 1.34. The first kappa shape index (κ1) is 20.9. The van der Waals surface area contributed by atoms with E-state index in [9.17, 15) is 14.4 Å². The van der Waals surface area contributed by atoms with Gasteiger partial charge in [-0.3, -0.25) is 19.7 Å². The Morgan fingerprint density at radius 2 is 1.45 bits per heavy atom. The normalized spacial score (nSPS) is 15.8. The molecule has 0 aromatic heterocycles. The first-order chi connectivity index (χ1) is 14.1. The number of amides is 2. The fraction of sp³-hybridized carbons (Fsp3) is 0.318. The minimum Gasteiger partial charge on any atom is -0.494 e. The van der Waals surface area contributed by atoms with Crippen LogP contribution in [-0.2, 0) is 11.2 Å². The van der Waals surface area contributed by atoms with Crippen molar-refractivity contribution in [2.45, 2.75) is 30.9 Å². The summed E-state index contributed by atoms with van der Waals surface area (Å²) in [7, 11) is 0. The molecule has 152 valence electrons. The molecule has 0 saturated carbocycles. The molecule has 6 nitrogen and oxygen atoms in total. The van der Waals surface area contributed by atoms with Crippen molar-refractivity contribution in [3.05, 3.63) is 59.7 Å². The van der Waals surface area contributed by atoms with Crippen molar-refractivity contribution in [3.63, 3.8) is 0 Å². The van der Waals surface area contributed by atoms with Gasteiger partial charge in [0.25, 0.3) is 5.24 Å². The molecule has 1 N–H and O–H groups in total. The Bertz CT molecular complexity index is 835. The van der Waals surface area contributed by atoms with Crippen LogP contribution in [-0.4, -0.2) is 35.9 Å². The maximum absolute atomic E-state index is 11.6. The Labute approximate surface area is 174 Å². The van der Waals surface area contributed by atoms with Gasteiger partial charge in [0.05, 0.1) is 18.5 Å². The Balaban J connectivity index is 1.28. The predicted molar refractivity (Wildman–Crippen MR) is 112 cm³/mol. The lowest BCUT2D eigenvalue weighted by molar-refractivity contribution is -0.118. The fourth-order valence-corrected chi connectivity index (χ4v) is 3.73. The van der Waals surface area contributed by atoms with Gasteiger partial charge >= 0.3 is 0 Å². The average Bonchev–Trinajstić information content (AvgIpc) is 3.05. The van der Waals surface area contributed by atoms with Crippen molar-refractivity contribution in [2.24, 2.45) is 0 Å². The molecule has 0 bridgehead atoms. The van der Waals surface area contributed by atoms with Crippen LogP contribution in [0.4, 0.5) is 4.79 Å². The van der Waals surface area contributed by atoms with Gasteiger partial charge in [0.2, 0.25) is 5.91 Å². The number of benzene rings is 2. The maximum Gasteiger partial charge on any atom is 0.286 e. The summed E-state index contributed by atoms with van der Waals surface area (Å²) < 4.78 is 11.4. The molecule has 2 amide bonds. The number of thioether (sulfide) groups is 1. The minimum atomic E-state index is -0.348. The molecule has 1 aliphatic heterocycles. The van der Waals surface area contributed by atoms with Crippen molar-refractivity contribution in [1.82, 2.24) is 5.32 Å². The van der Waals surface area contributed by atoms with E-state index in [1.807, 2.05) is 24.3 Å². The molecule has 2 aromatic carbocycles. The Kier molecular flexibility index (Phi) is 7.69. The van der Waals surface area contributed by atoms with Gasteiger partial charge in [-0.25, -0.2) is 0 Å². The lowest BCUT2D eigenvalue weighted by Crippen LogP contribution is -2.25. The van der Waals surface area contributed by atoms with E-state index in [2.05, 4.69) is 5.32 Å². The van der Waals surface area contributed by atoms with Gasteiger partial charge in [-0.15, -0.1) is 0 Å². The molecule has 1 unspecified atom stereocenters. The van der Waals surface area contributed by atoms with Crippen LogP contribution < -0.4 is 14.8 Å². The maximum atomic E-state index is 11.6. The highest BCUT2D eigenvalue weighted by Crippen LogP contribution is 2.24. The molecule has 7 heteroatoms. The second-order valence-electron chi connectivity index (χ2n) is 6.68. The average molecular weight is 413 g/mol. The predicted octanol–water partition coefficient (Wildman–Crippen LogP) is 4.02. The summed E-state index contributed by atoms with van der Waals surface area (Å²) in [6.45, 7) is 1.26. The number of carbonyl (C=O) groups excluding carboxylic acids is 3. The molecule has 0 radical (unpaired) electrons. The number of hydrogen-bond acceptors (Lipinski definition) is 6. The van der Waals surface area contributed by atoms with Crippen LogP contribution in [0.3, 0.4) is 0 Å². The highest BCUT2D eigenvalue weighted by Gasteiger charge is 2.31. The zero-order valence-electron chi connectivity index (χ0n) is 16.0. The lowest BCUT2D eigenvalue weighted by atomic mass is 10.1. The third-order valence-corrected chi connectivity index (χ3v) is 5.44. The van der Waals surface area contributed by atoms with E-state index in [1.165, 1.54) is 0 Å². The van der Waals surface area contributed by atoms with E-state index in [1.54, 1.807) is 24.3 Å². The molecule has 1 saturated heterocycles. The standard InChI is InChI=1S/C22H23NO5S/c24-15-17-6-10-19(11-7-17)28-13-3-1-2-12-27-18-8-4-16(5-9-18)14-20-21(25)23-22(26)29-20/h4-11,15,20H,1-3,12-14H2,(H,23,25,26).